The third-order valence-electron chi connectivity index (χ3n) is 3.67. The van der Waals surface area contributed by atoms with Gasteiger partial charge in [-0.3, -0.25) is 0 Å². The van der Waals surface area contributed by atoms with Crippen LogP contribution in [0.15, 0.2) is 48.5 Å². The van der Waals surface area contributed by atoms with E-state index in [-0.39, 0.29) is 0 Å². The molecule has 21 heavy (non-hydrogen) atoms. The predicted octanol–water partition coefficient (Wildman–Crippen LogP) is 3.97. The maximum atomic E-state index is 6.22. The summed E-state index contributed by atoms with van der Waals surface area (Å²) in [5.74, 6) is 3.10. The average molecular weight is 301 g/mol. The summed E-state index contributed by atoms with van der Waals surface area (Å²) in [4.78, 5) is 0. The van der Waals surface area contributed by atoms with Crippen LogP contribution in [-0.2, 0) is 0 Å². The summed E-state index contributed by atoms with van der Waals surface area (Å²) >= 11 is 0. The summed E-state index contributed by atoms with van der Waals surface area (Å²) in [5, 5.41) is 0. The van der Waals surface area contributed by atoms with Gasteiger partial charge in [-0.1, -0.05) is 0 Å². The first-order valence-corrected chi connectivity index (χ1v) is 9.54. The van der Waals surface area contributed by atoms with E-state index in [1.165, 1.54) is 0 Å². The van der Waals surface area contributed by atoms with Gasteiger partial charge in [-0.25, -0.2) is 0 Å². The molecule has 1 spiro atoms. The van der Waals surface area contributed by atoms with Crippen molar-refractivity contribution in [1.82, 2.24) is 0 Å². The van der Waals surface area contributed by atoms with E-state index in [2.05, 4.69) is 13.8 Å². The molecule has 4 rings (SSSR count). The van der Waals surface area contributed by atoms with E-state index in [1.807, 2.05) is 48.5 Å². The number of rotatable bonds is 2. The van der Waals surface area contributed by atoms with E-state index in [0.29, 0.717) is 35.0 Å². The van der Waals surface area contributed by atoms with Crippen molar-refractivity contribution >= 4 is 8.33 Å². The Morgan fingerprint density at radius 2 is 1.05 bits per heavy atom. The van der Waals surface area contributed by atoms with E-state index in [0.717, 1.165) is 0 Å². The van der Waals surface area contributed by atoms with Crippen LogP contribution >= 0.6 is 0 Å². The van der Waals surface area contributed by atoms with Gasteiger partial charge in [0.15, 0.2) is 0 Å². The van der Waals surface area contributed by atoms with E-state index in [1.54, 1.807) is 0 Å². The van der Waals surface area contributed by atoms with Gasteiger partial charge in [-0.2, -0.15) is 0 Å². The van der Waals surface area contributed by atoms with Gasteiger partial charge >= 0.3 is 123 Å². The summed E-state index contributed by atoms with van der Waals surface area (Å²) < 4.78 is 24.9. The summed E-state index contributed by atoms with van der Waals surface area (Å²) in [6.45, 7) is 4.22. The Kier molecular flexibility index (Phi) is 2.37. The number of hydrogen-bond acceptors (Lipinski definition) is 4. The van der Waals surface area contributed by atoms with Crippen LogP contribution in [0.25, 0.3) is 0 Å². The molecule has 2 heterocycles. The Morgan fingerprint density at radius 1 is 0.714 bits per heavy atom. The molecule has 2 aromatic rings. The van der Waals surface area contributed by atoms with Crippen LogP contribution in [0.1, 0.15) is 13.8 Å². The quantitative estimate of drug-likeness (QED) is 0.786. The Hall–Kier alpha value is -2.14. The molecule has 0 aromatic heterocycles. The molecule has 5 heteroatoms. The van der Waals surface area contributed by atoms with Gasteiger partial charge < -0.3 is 0 Å². The standard InChI is InChI=1S/C16H17O4Si/c1-12(2)11-21(17-13-7-3-4-8-14(13)18-21)19-15-9-5-6-10-16(15)20-21/h3-10,12H,11H2,1-2H3/q-1. The molecular weight excluding hydrogens is 284 g/mol. The van der Waals surface area contributed by atoms with Crippen LogP contribution in [0.5, 0.6) is 23.0 Å². The van der Waals surface area contributed by atoms with Gasteiger partial charge in [0.2, 0.25) is 0 Å². The number of para-hydroxylation sites is 4. The fourth-order valence-electron chi connectivity index (χ4n) is 3.05. The molecule has 0 aliphatic carbocycles. The third-order valence-corrected chi connectivity index (χ3v) is 7.61. The van der Waals surface area contributed by atoms with Crippen molar-refractivity contribution in [1.29, 1.82) is 0 Å². The zero-order valence-electron chi connectivity index (χ0n) is 12.0. The molecule has 0 saturated heterocycles. The maximum absolute atomic E-state index is 6.22. The molecule has 0 amide bonds. The Morgan fingerprint density at radius 3 is 1.33 bits per heavy atom. The molecule has 4 nitrogen and oxygen atoms in total. The van der Waals surface area contributed by atoms with Crippen LogP contribution in [-0.4, -0.2) is 8.33 Å². The Labute approximate surface area is 124 Å². The molecule has 2 aromatic carbocycles. The normalized spacial score (nSPS) is 21.2. The van der Waals surface area contributed by atoms with Crippen LogP contribution in [0.4, 0.5) is 0 Å². The molecule has 0 atom stereocenters. The second kappa shape index (κ2) is 3.95. The molecule has 2 aliphatic heterocycles. The van der Waals surface area contributed by atoms with Crippen molar-refractivity contribution in [3.63, 3.8) is 0 Å². The Balaban J connectivity index is 1.82. The van der Waals surface area contributed by atoms with Crippen molar-refractivity contribution < 1.29 is 17.7 Å². The van der Waals surface area contributed by atoms with Crippen molar-refractivity contribution in [2.45, 2.75) is 19.9 Å². The minimum atomic E-state index is -3.98. The summed E-state index contributed by atoms with van der Waals surface area (Å²) in [7, 11) is -3.98. The van der Waals surface area contributed by atoms with Crippen LogP contribution < -0.4 is 17.7 Å². The molecule has 0 radical (unpaired) electrons. The van der Waals surface area contributed by atoms with E-state index >= 15 is 0 Å². The third kappa shape index (κ3) is 1.81. The van der Waals surface area contributed by atoms with Gasteiger partial charge in [-0.15, -0.1) is 0 Å². The van der Waals surface area contributed by atoms with Crippen LogP contribution in [0.3, 0.4) is 0 Å². The zero-order chi connectivity index (χ0) is 14.5. The van der Waals surface area contributed by atoms with Crippen LogP contribution in [0, 0.1) is 5.92 Å². The number of benzene rings is 2. The van der Waals surface area contributed by atoms with Gasteiger partial charge in [0, 0.05) is 0 Å². The molecule has 0 fully saturated rings. The fourth-order valence-corrected chi connectivity index (χ4v) is 7.34. The summed E-state index contributed by atoms with van der Waals surface area (Å²) in [6, 6.07) is 15.8. The van der Waals surface area contributed by atoms with E-state index in [4.69, 9.17) is 17.7 Å². The first kappa shape index (κ1) is 12.6. The monoisotopic (exact) mass is 301 g/mol. The topological polar surface area (TPSA) is 36.9 Å². The fraction of sp³-hybridized carbons (Fsp3) is 0.250. The van der Waals surface area contributed by atoms with Gasteiger partial charge in [0.05, 0.1) is 0 Å². The van der Waals surface area contributed by atoms with E-state index in [9.17, 15) is 0 Å². The first-order valence-electron chi connectivity index (χ1n) is 7.20. The Bertz CT molecular complexity index is 600. The van der Waals surface area contributed by atoms with Crippen molar-refractivity contribution in [2.75, 3.05) is 0 Å². The molecule has 0 saturated carbocycles. The SMILES string of the molecule is CC(C)C[Si-]12(Oc3ccccc3O1)Oc1ccccc1O2. The van der Waals surface area contributed by atoms with E-state index < -0.39 is 8.33 Å². The molecule has 0 bridgehead atoms. The summed E-state index contributed by atoms with van der Waals surface area (Å²) in [5.41, 5.74) is 0. The molecular formula is C16H17O4Si-. The minimum absolute atomic E-state index is 0.321. The number of hydrogen-bond donors (Lipinski definition) is 0. The first-order chi connectivity index (χ1) is 10.1. The van der Waals surface area contributed by atoms with Gasteiger partial charge in [-0.05, 0) is 0 Å². The molecule has 0 N–H and O–H groups in total. The average Bonchev–Trinajstić information content (AvgIpc) is 2.91. The van der Waals surface area contributed by atoms with Crippen molar-refractivity contribution in [3.8, 4) is 23.0 Å². The molecule has 2 aliphatic rings. The van der Waals surface area contributed by atoms with Crippen molar-refractivity contribution in [3.05, 3.63) is 48.5 Å². The predicted molar refractivity (Wildman–Crippen MR) is 80.8 cm³/mol. The number of fused-ring (bicyclic) bond motifs is 2. The van der Waals surface area contributed by atoms with Gasteiger partial charge in [0.1, 0.15) is 0 Å². The second-order valence-electron chi connectivity index (χ2n) is 5.98. The summed E-state index contributed by atoms with van der Waals surface area (Å²) in [6.07, 6.45) is 0. The molecule has 0 unspecified atom stereocenters. The van der Waals surface area contributed by atoms with Crippen molar-refractivity contribution in [2.24, 2.45) is 5.92 Å². The zero-order valence-corrected chi connectivity index (χ0v) is 13.0. The second-order valence-corrected chi connectivity index (χ2v) is 9.36. The van der Waals surface area contributed by atoms with Gasteiger partial charge in [0.25, 0.3) is 0 Å². The molecule has 110 valence electrons. The van der Waals surface area contributed by atoms with Crippen LogP contribution in [0.2, 0.25) is 6.04 Å².